The normalized spacial score (nSPS) is 9.94. The number of nitrogens with two attached hydrogens (primary N) is 1. The quantitative estimate of drug-likeness (QED) is 0.487. The second kappa shape index (κ2) is 4.70. The summed E-state index contributed by atoms with van der Waals surface area (Å²) < 4.78 is 4.97. The van der Waals surface area contributed by atoms with Crippen LogP contribution in [0.5, 0.6) is 5.75 Å². The van der Waals surface area contributed by atoms with Crippen molar-refractivity contribution < 1.29 is 9.53 Å². The predicted molar refractivity (Wildman–Crippen MR) is 67.6 cm³/mol. The molecule has 2 aromatic rings. The standard InChI is InChI=1S/C14H13NO2/c1-10(16)17-12-8-6-11(7-9-12)13-4-2-3-5-14(13)15/h2-9H,15H2,1H3. The number of anilines is 1. The number of benzene rings is 2. The van der Waals surface area contributed by atoms with E-state index in [-0.39, 0.29) is 5.97 Å². The van der Waals surface area contributed by atoms with Crippen molar-refractivity contribution in [2.24, 2.45) is 0 Å². The number of ether oxygens (including phenoxy) is 1. The van der Waals surface area contributed by atoms with Gasteiger partial charge in [-0.15, -0.1) is 0 Å². The van der Waals surface area contributed by atoms with Crippen LogP contribution in [0.2, 0.25) is 0 Å². The van der Waals surface area contributed by atoms with Crippen LogP contribution in [-0.2, 0) is 4.79 Å². The molecule has 86 valence electrons. The van der Waals surface area contributed by atoms with Gasteiger partial charge in [-0.05, 0) is 23.8 Å². The van der Waals surface area contributed by atoms with Crippen LogP contribution in [0.4, 0.5) is 5.69 Å². The molecule has 2 rings (SSSR count). The highest BCUT2D eigenvalue weighted by Gasteiger charge is 2.02. The zero-order valence-electron chi connectivity index (χ0n) is 9.51. The summed E-state index contributed by atoms with van der Waals surface area (Å²) in [7, 11) is 0. The molecule has 17 heavy (non-hydrogen) atoms. The highest BCUT2D eigenvalue weighted by Crippen LogP contribution is 2.27. The zero-order chi connectivity index (χ0) is 12.3. The van der Waals surface area contributed by atoms with Gasteiger partial charge < -0.3 is 10.5 Å². The summed E-state index contributed by atoms with van der Waals surface area (Å²) in [6, 6.07) is 14.9. The van der Waals surface area contributed by atoms with E-state index in [0.717, 1.165) is 16.8 Å². The van der Waals surface area contributed by atoms with E-state index in [1.54, 1.807) is 12.1 Å². The summed E-state index contributed by atoms with van der Waals surface area (Å²) in [6.45, 7) is 1.38. The van der Waals surface area contributed by atoms with Crippen molar-refractivity contribution in [1.29, 1.82) is 0 Å². The highest BCUT2D eigenvalue weighted by atomic mass is 16.5. The molecule has 0 unspecified atom stereocenters. The third kappa shape index (κ3) is 2.64. The first-order valence-electron chi connectivity index (χ1n) is 5.30. The molecular weight excluding hydrogens is 214 g/mol. The van der Waals surface area contributed by atoms with E-state index in [4.69, 9.17) is 10.5 Å². The lowest BCUT2D eigenvalue weighted by Crippen LogP contribution is -2.00. The van der Waals surface area contributed by atoms with Crippen LogP contribution >= 0.6 is 0 Å². The van der Waals surface area contributed by atoms with Gasteiger partial charge in [0.2, 0.25) is 0 Å². The van der Waals surface area contributed by atoms with E-state index < -0.39 is 0 Å². The summed E-state index contributed by atoms with van der Waals surface area (Å²) in [6.07, 6.45) is 0. The van der Waals surface area contributed by atoms with Crippen LogP contribution in [0.25, 0.3) is 11.1 Å². The molecule has 2 aromatic carbocycles. The lowest BCUT2D eigenvalue weighted by atomic mass is 10.0. The lowest BCUT2D eigenvalue weighted by Gasteiger charge is -2.06. The molecule has 0 heterocycles. The Morgan fingerprint density at radius 2 is 1.71 bits per heavy atom. The first-order chi connectivity index (χ1) is 8.16. The van der Waals surface area contributed by atoms with Crippen LogP contribution in [0.1, 0.15) is 6.92 Å². The number of hydrogen-bond acceptors (Lipinski definition) is 3. The monoisotopic (exact) mass is 227 g/mol. The van der Waals surface area contributed by atoms with Gasteiger partial charge in [0.1, 0.15) is 5.75 Å². The number of nitrogen functional groups attached to an aromatic ring is 1. The molecule has 0 bridgehead atoms. The van der Waals surface area contributed by atoms with Gasteiger partial charge in [-0.2, -0.15) is 0 Å². The molecule has 0 spiro atoms. The Hall–Kier alpha value is -2.29. The minimum absolute atomic E-state index is 0.322. The molecule has 0 aromatic heterocycles. The summed E-state index contributed by atoms with van der Waals surface area (Å²) in [5.74, 6) is 0.215. The molecule has 2 N–H and O–H groups in total. The minimum Gasteiger partial charge on any atom is -0.427 e. The number of hydrogen-bond donors (Lipinski definition) is 1. The Morgan fingerprint density at radius 3 is 2.29 bits per heavy atom. The third-order valence-electron chi connectivity index (χ3n) is 2.39. The largest absolute Gasteiger partial charge is 0.427 e. The number of esters is 1. The van der Waals surface area contributed by atoms with E-state index in [1.807, 2.05) is 36.4 Å². The van der Waals surface area contributed by atoms with Gasteiger partial charge in [0.05, 0.1) is 0 Å². The van der Waals surface area contributed by atoms with Crippen molar-refractivity contribution in [3.8, 4) is 16.9 Å². The van der Waals surface area contributed by atoms with Crippen molar-refractivity contribution in [2.45, 2.75) is 6.92 Å². The van der Waals surface area contributed by atoms with E-state index in [9.17, 15) is 4.79 Å². The molecule has 0 fully saturated rings. The van der Waals surface area contributed by atoms with Gasteiger partial charge in [0.15, 0.2) is 0 Å². The molecule has 0 aliphatic rings. The Bertz CT molecular complexity index is 532. The fourth-order valence-corrected chi connectivity index (χ4v) is 1.63. The van der Waals surface area contributed by atoms with Crippen LogP contribution in [0.3, 0.4) is 0 Å². The SMILES string of the molecule is CC(=O)Oc1ccc(-c2ccccc2N)cc1. The summed E-state index contributed by atoms with van der Waals surface area (Å²) in [5, 5.41) is 0. The van der Waals surface area contributed by atoms with Crippen molar-refractivity contribution in [3.05, 3.63) is 48.5 Å². The summed E-state index contributed by atoms with van der Waals surface area (Å²) in [5.41, 5.74) is 8.59. The van der Waals surface area contributed by atoms with E-state index in [2.05, 4.69) is 0 Å². The summed E-state index contributed by atoms with van der Waals surface area (Å²) in [4.78, 5) is 10.8. The van der Waals surface area contributed by atoms with Gasteiger partial charge in [-0.1, -0.05) is 30.3 Å². The van der Waals surface area contributed by atoms with Gasteiger partial charge in [-0.3, -0.25) is 4.79 Å². The molecule has 0 aliphatic heterocycles. The van der Waals surface area contributed by atoms with Crippen LogP contribution in [0, 0.1) is 0 Å². The summed E-state index contributed by atoms with van der Waals surface area (Å²) >= 11 is 0. The Morgan fingerprint density at radius 1 is 1.06 bits per heavy atom. The van der Waals surface area contributed by atoms with Gasteiger partial charge >= 0.3 is 5.97 Å². The molecule has 3 nitrogen and oxygen atoms in total. The van der Waals surface area contributed by atoms with Crippen LogP contribution in [0.15, 0.2) is 48.5 Å². The number of carbonyl (C=O) groups is 1. The molecule has 0 saturated carbocycles. The average molecular weight is 227 g/mol. The maximum Gasteiger partial charge on any atom is 0.308 e. The topological polar surface area (TPSA) is 52.3 Å². The van der Waals surface area contributed by atoms with Gasteiger partial charge in [-0.25, -0.2) is 0 Å². The predicted octanol–water partition coefficient (Wildman–Crippen LogP) is 2.86. The second-order valence-electron chi connectivity index (χ2n) is 3.71. The second-order valence-corrected chi connectivity index (χ2v) is 3.71. The first-order valence-corrected chi connectivity index (χ1v) is 5.30. The molecule has 3 heteroatoms. The van der Waals surface area contributed by atoms with Crippen molar-refractivity contribution in [3.63, 3.8) is 0 Å². The van der Waals surface area contributed by atoms with Crippen LogP contribution in [-0.4, -0.2) is 5.97 Å². The Kier molecular flexibility index (Phi) is 3.10. The molecular formula is C14H13NO2. The molecule has 0 saturated heterocycles. The Balaban J connectivity index is 2.30. The smallest absolute Gasteiger partial charge is 0.308 e. The van der Waals surface area contributed by atoms with E-state index in [1.165, 1.54) is 6.92 Å². The maximum atomic E-state index is 10.8. The third-order valence-corrected chi connectivity index (χ3v) is 2.39. The lowest BCUT2D eigenvalue weighted by molar-refractivity contribution is -0.131. The fraction of sp³-hybridized carbons (Fsp3) is 0.0714. The Labute approximate surface area is 99.8 Å². The number of carbonyl (C=O) groups excluding carboxylic acids is 1. The number of rotatable bonds is 2. The van der Waals surface area contributed by atoms with Crippen molar-refractivity contribution >= 4 is 11.7 Å². The van der Waals surface area contributed by atoms with E-state index >= 15 is 0 Å². The molecule has 0 aliphatic carbocycles. The number of para-hydroxylation sites is 1. The highest BCUT2D eigenvalue weighted by molar-refractivity contribution is 5.76. The van der Waals surface area contributed by atoms with Crippen molar-refractivity contribution in [2.75, 3.05) is 5.73 Å². The molecule has 0 radical (unpaired) electrons. The molecule has 0 amide bonds. The van der Waals surface area contributed by atoms with Crippen molar-refractivity contribution in [1.82, 2.24) is 0 Å². The van der Waals surface area contributed by atoms with Gasteiger partial charge in [0.25, 0.3) is 0 Å². The first kappa shape index (κ1) is 11.2. The average Bonchev–Trinajstić information content (AvgIpc) is 2.30. The fourth-order valence-electron chi connectivity index (χ4n) is 1.63. The minimum atomic E-state index is -0.322. The zero-order valence-corrected chi connectivity index (χ0v) is 9.51. The molecule has 0 atom stereocenters. The maximum absolute atomic E-state index is 10.8. The van der Waals surface area contributed by atoms with Gasteiger partial charge in [0, 0.05) is 18.2 Å². The van der Waals surface area contributed by atoms with Crippen LogP contribution < -0.4 is 10.5 Å². The van der Waals surface area contributed by atoms with E-state index in [0.29, 0.717) is 5.75 Å².